The van der Waals surface area contributed by atoms with Gasteiger partial charge in [0.15, 0.2) is 11.5 Å². The van der Waals surface area contributed by atoms with Crippen LogP contribution in [0.4, 0.5) is 0 Å². The summed E-state index contributed by atoms with van der Waals surface area (Å²) in [5.41, 5.74) is 0.820. The Labute approximate surface area is 160 Å². The fourth-order valence-electron chi connectivity index (χ4n) is 3.61. The summed E-state index contributed by atoms with van der Waals surface area (Å²) in [6.45, 7) is 6.44. The third kappa shape index (κ3) is 5.15. The summed E-state index contributed by atoms with van der Waals surface area (Å²) < 4.78 is 11.0. The molecule has 2 heterocycles. The molecule has 1 unspecified atom stereocenters. The molecule has 1 saturated heterocycles. The second-order valence-corrected chi connectivity index (χ2v) is 7.47. The fraction of sp³-hybridized carbons (Fsp3) is 0.550. The maximum Gasteiger partial charge on any atom is 0.244 e. The molecule has 2 atom stereocenters. The molecule has 6 heteroatoms. The number of halogens is 1. The summed E-state index contributed by atoms with van der Waals surface area (Å²) in [5.74, 6) is 1.12. The Kier molecular flexibility index (Phi) is 6.80. The lowest BCUT2D eigenvalue weighted by Gasteiger charge is -2.30. The van der Waals surface area contributed by atoms with Crippen LogP contribution in [0.3, 0.4) is 0 Å². The zero-order valence-electron chi connectivity index (χ0n) is 15.4. The maximum atomic E-state index is 12.0. The molecule has 1 aromatic carbocycles. The van der Waals surface area contributed by atoms with Crippen LogP contribution in [0.15, 0.2) is 18.2 Å². The van der Waals surface area contributed by atoms with Crippen LogP contribution >= 0.6 is 11.6 Å². The first-order valence-electron chi connectivity index (χ1n) is 9.53. The van der Waals surface area contributed by atoms with Crippen molar-refractivity contribution in [3.8, 4) is 11.5 Å². The number of hydrogen-bond donors (Lipinski definition) is 2. The van der Waals surface area contributed by atoms with Gasteiger partial charge in [-0.15, -0.1) is 0 Å². The number of hydrogen-bond acceptors (Lipinski definition) is 3. The zero-order chi connectivity index (χ0) is 18.4. The number of nitrogens with one attached hydrogen (secondary N) is 2. The number of carbonyl (C=O) groups is 1. The Morgan fingerprint density at radius 3 is 3.04 bits per heavy atom. The summed E-state index contributed by atoms with van der Waals surface area (Å²) in [5, 5.41) is 3.46. The van der Waals surface area contributed by atoms with Crippen molar-refractivity contribution < 1.29 is 19.2 Å². The number of carbonyl (C=O) groups excluding carboxylic acids is 1. The molecule has 1 amide bonds. The molecule has 0 aliphatic carbocycles. The number of rotatable bonds is 6. The van der Waals surface area contributed by atoms with Gasteiger partial charge in [-0.1, -0.05) is 11.6 Å². The van der Waals surface area contributed by atoms with Crippen molar-refractivity contribution in [3.05, 3.63) is 28.8 Å². The average Bonchev–Trinajstić information content (AvgIpc) is 2.65. The number of piperidine rings is 1. The van der Waals surface area contributed by atoms with Crippen LogP contribution in [0.25, 0.3) is 6.08 Å². The van der Waals surface area contributed by atoms with E-state index in [0.717, 1.165) is 24.6 Å². The minimum atomic E-state index is -0.0855. The van der Waals surface area contributed by atoms with E-state index in [1.807, 2.05) is 6.07 Å². The first kappa shape index (κ1) is 19.1. The van der Waals surface area contributed by atoms with Crippen LogP contribution in [-0.4, -0.2) is 44.8 Å². The van der Waals surface area contributed by atoms with Crippen LogP contribution in [-0.2, 0) is 4.79 Å². The summed E-state index contributed by atoms with van der Waals surface area (Å²) >= 11 is 6.21. The first-order chi connectivity index (χ1) is 12.6. The maximum absolute atomic E-state index is 12.0. The highest BCUT2D eigenvalue weighted by atomic mass is 35.5. The van der Waals surface area contributed by atoms with Crippen LogP contribution in [0, 0.1) is 0 Å². The van der Waals surface area contributed by atoms with Crippen LogP contribution in [0.1, 0.15) is 38.2 Å². The number of likely N-dealkylation sites (tertiary alicyclic amines) is 1. The highest BCUT2D eigenvalue weighted by Crippen LogP contribution is 2.38. The molecule has 3 rings (SSSR count). The van der Waals surface area contributed by atoms with Crippen molar-refractivity contribution in [2.45, 2.75) is 38.6 Å². The van der Waals surface area contributed by atoms with Gasteiger partial charge in [-0.2, -0.15) is 0 Å². The van der Waals surface area contributed by atoms with Gasteiger partial charge >= 0.3 is 0 Å². The fourth-order valence-corrected chi connectivity index (χ4v) is 3.88. The Morgan fingerprint density at radius 2 is 2.19 bits per heavy atom. The minimum Gasteiger partial charge on any atom is -0.486 e. The topological polar surface area (TPSA) is 52.0 Å². The second kappa shape index (κ2) is 9.28. The van der Waals surface area contributed by atoms with Gasteiger partial charge in [-0.3, -0.25) is 4.79 Å². The molecule has 26 heavy (non-hydrogen) atoms. The Bertz CT molecular complexity index is 663. The molecule has 2 aliphatic rings. The first-order valence-corrected chi connectivity index (χ1v) is 9.91. The number of fused-ring (bicyclic) bond motifs is 1. The lowest BCUT2D eigenvalue weighted by molar-refractivity contribution is -0.928. The van der Waals surface area contributed by atoms with E-state index < -0.39 is 0 Å². The molecule has 0 bridgehead atoms. The molecular weight excluding hydrogens is 352 g/mol. The Balaban J connectivity index is 1.44. The van der Waals surface area contributed by atoms with Gasteiger partial charge in [0, 0.05) is 19.0 Å². The Morgan fingerprint density at radius 1 is 1.35 bits per heavy atom. The molecule has 0 saturated carbocycles. The lowest BCUT2D eigenvalue weighted by Crippen LogP contribution is -3.16. The quantitative estimate of drug-likeness (QED) is 0.588. The van der Waals surface area contributed by atoms with Gasteiger partial charge < -0.3 is 19.7 Å². The molecule has 2 N–H and O–H groups in total. The lowest BCUT2D eigenvalue weighted by atomic mass is 10.0. The van der Waals surface area contributed by atoms with Gasteiger partial charge in [0.2, 0.25) is 5.91 Å². The molecule has 5 nitrogen and oxygen atoms in total. The highest BCUT2D eigenvalue weighted by molar-refractivity contribution is 6.32. The van der Waals surface area contributed by atoms with E-state index in [4.69, 9.17) is 21.1 Å². The molecule has 142 valence electrons. The van der Waals surface area contributed by atoms with Crippen molar-refractivity contribution in [1.82, 2.24) is 5.32 Å². The normalized spacial score (nSPS) is 22.4. The third-order valence-corrected chi connectivity index (χ3v) is 5.38. The predicted octanol–water partition coefficient (Wildman–Crippen LogP) is 2.09. The van der Waals surface area contributed by atoms with E-state index in [9.17, 15) is 4.79 Å². The standard InChI is InChI=1S/C20H27ClN2O3/c1-15-5-2-3-9-23(15)10-4-8-22-19(24)7-6-16-13-17(21)20-18(14-16)25-11-12-26-20/h6-7,13-15H,2-5,8-12H2,1H3,(H,22,24)/p+1/b7-6+/t15-/m0/s1. The summed E-state index contributed by atoms with van der Waals surface area (Å²) in [4.78, 5) is 13.7. The number of benzene rings is 1. The van der Waals surface area contributed by atoms with Crippen LogP contribution in [0.2, 0.25) is 5.02 Å². The largest absolute Gasteiger partial charge is 0.486 e. The van der Waals surface area contributed by atoms with Gasteiger partial charge in [-0.25, -0.2) is 0 Å². The van der Waals surface area contributed by atoms with Gasteiger partial charge in [0.1, 0.15) is 13.2 Å². The van der Waals surface area contributed by atoms with E-state index >= 15 is 0 Å². The van der Waals surface area contributed by atoms with Crippen molar-refractivity contribution >= 4 is 23.6 Å². The van der Waals surface area contributed by atoms with Gasteiger partial charge in [0.25, 0.3) is 0 Å². The molecular formula is C20H28ClN2O3+. The molecule has 0 aromatic heterocycles. The second-order valence-electron chi connectivity index (χ2n) is 7.06. The van der Waals surface area contributed by atoms with E-state index in [-0.39, 0.29) is 5.91 Å². The highest BCUT2D eigenvalue weighted by Gasteiger charge is 2.20. The summed E-state index contributed by atoms with van der Waals surface area (Å²) in [7, 11) is 0. The summed E-state index contributed by atoms with van der Waals surface area (Å²) in [6.07, 6.45) is 8.30. The van der Waals surface area contributed by atoms with Crippen molar-refractivity contribution in [2.75, 3.05) is 32.8 Å². The van der Waals surface area contributed by atoms with E-state index in [2.05, 4.69) is 12.2 Å². The van der Waals surface area contributed by atoms with Crippen molar-refractivity contribution in [3.63, 3.8) is 0 Å². The predicted molar refractivity (Wildman–Crippen MR) is 103 cm³/mol. The van der Waals surface area contributed by atoms with E-state index in [1.165, 1.54) is 31.9 Å². The SMILES string of the molecule is C[C@H]1CCCC[NH+]1CCCNC(=O)/C=C/c1cc(Cl)c2c(c1)OCCO2. The molecule has 0 radical (unpaired) electrons. The molecule has 0 spiro atoms. The van der Waals surface area contributed by atoms with E-state index in [0.29, 0.717) is 36.3 Å². The van der Waals surface area contributed by atoms with Gasteiger partial charge in [0.05, 0.1) is 24.2 Å². The van der Waals surface area contributed by atoms with Gasteiger partial charge in [-0.05, 0) is 50.0 Å². The number of ether oxygens (including phenoxy) is 2. The van der Waals surface area contributed by atoms with Crippen molar-refractivity contribution in [2.24, 2.45) is 0 Å². The zero-order valence-corrected chi connectivity index (χ0v) is 16.1. The molecule has 2 aliphatic heterocycles. The molecule has 1 aromatic rings. The smallest absolute Gasteiger partial charge is 0.244 e. The Hall–Kier alpha value is -1.72. The third-order valence-electron chi connectivity index (χ3n) is 5.10. The van der Waals surface area contributed by atoms with Crippen molar-refractivity contribution in [1.29, 1.82) is 0 Å². The van der Waals surface area contributed by atoms with E-state index in [1.54, 1.807) is 17.0 Å². The number of amides is 1. The average molecular weight is 380 g/mol. The monoisotopic (exact) mass is 379 g/mol. The summed E-state index contributed by atoms with van der Waals surface area (Å²) in [6, 6.07) is 4.37. The number of quaternary nitrogens is 1. The van der Waals surface area contributed by atoms with Crippen LogP contribution in [0.5, 0.6) is 11.5 Å². The minimum absolute atomic E-state index is 0.0855. The molecule has 1 fully saturated rings. The van der Waals surface area contributed by atoms with Crippen LogP contribution < -0.4 is 19.7 Å².